The first-order chi connectivity index (χ1) is 9.24. The van der Waals surface area contributed by atoms with Gasteiger partial charge < -0.3 is 4.57 Å². The van der Waals surface area contributed by atoms with Crippen LogP contribution in [0.25, 0.3) is 11.2 Å². The van der Waals surface area contributed by atoms with Crippen LogP contribution in [0.2, 0.25) is 0 Å². The van der Waals surface area contributed by atoms with E-state index in [4.69, 9.17) is 16.6 Å². The van der Waals surface area contributed by atoms with Crippen LogP contribution in [0.4, 0.5) is 0 Å². The molecule has 0 aliphatic carbocycles. The maximum Gasteiger partial charge on any atom is 0.158 e. The molecule has 2 aromatic heterocycles. The highest BCUT2D eigenvalue weighted by Crippen LogP contribution is 2.29. The first kappa shape index (κ1) is 15.4. The summed E-state index contributed by atoms with van der Waals surface area (Å²) in [6, 6.07) is 0. The van der Waals surface area contributed by atoms with Gasteiger partial charge in [-0.15, -0.1) is 11.6 Å². The maximum absolute atomic E-state index is 6.32. The SMILES string of the molecule is CCc1nn(C)c2c1nc(C(C)Cl)n2CCC(C)(C)C. The molecular formula is C15H25ClN4. The average molecular weight is 297 g/mol. The Hall–Kier alpha value is -1.03. The Bertz CT molecular complexity index is 601. The number of rotatable bonds is 4. The fourth-order valence-electron chi connectivity index (χ4n) is 2.47. The van der Waals surface area contributed by atoms with Gasteiger partial charge in [0, 0.05) is 13.6 Å². The third-order valence-electron chi connectivity index (χ3n) is 3.60. The van der Waals surface area contributed by atoms with E-state index >= 15 is 0 Å². The Morgan fingerprint density at radius 2 is 1.95 bits per heavy atom. The number of hydrogen-bond acceptors (Lipinski definition) is 2. The summed E-state index contributed by atoms with van der Waals surface area (Å²) < 4.78 is 4.18. The van der Waals surface area contributed by atoms with Crippen molar-refractivity contribution in [2.45, 2.75) is 59.4 Å². The van der Waals surface area contributed by atoms with Gasteiger partial charge in [0.1, 0.15) is 11.3 Å². The van der Waals surface area contributed by atoms with Crippen LogP contribution in [0, 0.1) is 5.41 Å². The summed E-state index contributed by atoms with van der Waals surface area (Å²) in [5, 5.41) is 4.47. The van der Waals surface area contributed by atoms with Gasteiger partial charge in [-0.3, -0.25) is 4.68 Å². The minimum absolute atomic E-state index is 0.0907. The zero-order valence-corrected chi connectivity index (χ0v) is 14.1. The molecule has 0 aromatic carbocycles. The number of aromatic nitrogens is 4. The third-order valence-corrected chi connectivity index (χ3v) is 3.79. The Kier molecular flexibility index (Phi) is 4.14. The molecule has 0 saturated carbocycles. The first-order valence-corrected chi connectivity index (χ1v) is 7.74. The van der Waals surface area contributed by atoms with E-state index in [2.05, 4.69) is 37.4 Å². The number of imidazole rings is 1. The molecule has 0 saturated heterocycles. The fourth-order valence-corrected chi connectivity index (χ4v) is 2.63. The second-order valence-electron chi connectivity index (χ2n) is 6.64. The largest absolute Gasteiger partial charge is 0.312 e. The monoisotopic (exact) mass is 296 g/mol. The lowest BCUT2D eigenvalue weighted by Gasteiger charge is -2.20. The molecule has 0 fully saturated rings. The highest BCUT2D eigenvalue weighted by molar-refractivity contribution is 6.20. The van der Waals surface area contributed by atoms with Crippen molar-refractivity contribution in [3.63, 3.8) is 0 Å². The summed E-state index contributed by atoms with van der Waals surface area (Å²) in [5.41, 5.74) is 3.44. The quantitative estimate of drug-likeness (QED) is 0.797. The van der Waals surface area contributed by atoms with Gasteiger partial charge in [0.15, 0.2) is 5.65 Å². The van der Waals surface area contributed by atoms with Gasteiger partial charge in [-0.1, -0.05) is 27.7 Å². The molecule has 0 bridgehead atoms. The van der Waals surface area contributed by atoms with Crippen molar-refractivity contribution in [3.8, 4) is 0 Å². The van der Waals surface area contributed by atoms with Crippen LogP contribution < -0.4 is 0 Å². The standard InChI is InChI=1S/C15H25ClN4/c1-7-11-12-14(19(6)18-11)20(9-8-15(3,4)5)13(17-12)10(2)16/h10H,7-9H2,1-6H3. The van der Waals surface area contributed by atoms with Gasteiger partial charge in [0.25, 0.3) is 0 Å². The van der Waals surface area contributed by atoms with Crippen molar-refractivity contribution in [2.75, 3.05) is 0 Å². The van der Waals surface area contributed by atoms with Gasteiger partial charge in [-0.05, 0) is 25.2 Å². The highest BCUT2D eigenvalue weighted by atomic mass is 35.5. The average Bonchev–Trinajstić information content (AvgIpc) is 2.84. The lowest BCUT2D eigenvalue weighted by atomic mass is 9.92. The van der Waals surface area contributed by atoms with E-state index < -0.39 is 0 Å². The van der Waals surface area contributed by atoms with Crippen molar-refractivity contribution < 1.29 is 0 Å². The lowest BCUT2D eigenvalue weighted by Crippen LogP contribution is -2.14. The van der Waals surface area contributed by atoms with Crippen LogP contribution in [0.1, 0.15) is 57.9 Å². The summed E-state index contributed by atoms with van der Waals surface area (Å²) in [6.07, 6.45) is 1.98. The van der Waals surface area contributed by atoms with E-state index in [-0.39, 0.29) is 10.8 Å². The molecular weight excluding hydrogens is 272 g/mol. The Balaban J connectivity index is 2.53. The van der Waals surface area contributed by atoms with Crippen LogP contribution in [0.5, 0.6) is 0 Å². The summed E-state index contributed by atoms with van der Waals surface area (Å²) in [6.45, 7) is 11.8. The topological polar surface area (TPSA) is 35.6 Å². The summed E-state index contributed by atoms with van der Waals surface area (Å²) in [7, 11) is 1.99. The van der Waals surface area contributed by atoms with E-state index in [1.54, 1.807) is 0 Å². The molecule has 0 radical (unpaired) electrons. The van der Waals surface area contributed by atoms with Crippen LogP contribution >= 0.6 is 11.6 Å². The van der Waals surface area contributed by atoms with E-state index in [9.17, 15) is 0 Å². The molecule has 112 valence electrons. The summed E-state index contributed by atoms with van der Waals surface area (Å²) in [4.78, 5) is 4.75. The minimum Gasteiger partial charge on any atom is -0.312 e. The molecule has 4 nitrogen and oxygen atoms in total. The number of aryl methyl sites for hydroxylation is 3. The highest BCUT2D eigenvalue weighted by Gasteiger charge is 2.22. The number of hydrogen-bond donors (Lipinski definition) is 0. The van der Waals surface area contributed by atoms with Gasteiger partial charge >= 0.3 is 0 Å². The smallest absolute Gasteiger partial charge is 0.158 e. The Labute approximate surface area is 126 Å². The van der Waals surface area contributed by atoms with Crippen molar-refractivity contribution >= 4 is 22.8 Å². The van der Waals surface area contributed by atoms with Gasteiger partial charge in [0.05, 0.1) is 11.1 Å². The molecule has 2 aromatic rings. The Morgan fingerprint density at radius 1 is 1.30 bits per heavy atom. The summed E-state index contributed by atoms with van der Waals surface area (Å²) in [5.74, 6) is 0.952. The first-order valence-electron chi connectivity index (χ1n) is 7.30. The van der Waals surface area contributed by atoms with E-state index in [1.165, 1.54) is 0 Å². The van der Waals surface area contributed by atoms with E-state index in [0.717, 1.165) is 42.1 Å². The molecule has 0 aliphatic heterocycles. The molecule has 5 heteroatoms. The molecule has 0 spiro atoms. The predicted octanol–water partition coefficient (Wildman–Crippen LogP) is 4.07. The molecule has 1 unspecified atom stereocenters. The van der Waals surface area contributed by atoms with Crippen LogP contribution in [0.3, 0.4) is 0 Å². The number of nitrogens with zero attached hydrogens (tertiary/aromatic N) is 4. The zero-order valence-electron chi connectivity index (χ0n) is 13.4. The van der Waals surface area contributed by atoms with Crippen molar-refractivity contribution in [1.82, 2.24) is 19.3 Å². The second kappa shape index (κ2) is 5.40. The van der Waals surface area contributed by atoms with Crippen molar-refractivity contribution in [1.29, 1.82) is 0 Å². The normalized spacial score (nSPS) is 14.2. The van der Waals surface area contributed by atoms with Gasteiger partial charge in [-0.25, -0.2) is 4.98 Å². The lowest BCUT2D eigenvalue weighted by molar-refractivity contribution is 0.349. The molecule has 2 heterocycles. The van der Waals surface area contributed by atoms with Crippen LogP contribution in [-0.2, 0) is 20.0 Å². The molecule has 2 rings (SSSR count). The molecule has 1 atom stereocenters. The van der Waals surface area contributed by atoms with E-state index in [0.29, 0.717) is 0 Å². The summed E-state index contributed by atoms with van der Waals surface area (Å²) >= 11 is 6.32. The minimum atomic E-state index is -0.0907. The van der Waals surface area contributed by atoms with Crippen molar-refractivity contribution in [2.24, 2.45) is 12.5 Å². The molecule has 0 N–H and O–H groups in total. The molecule has 0 aliphatic rings. The number of halogens is 1. The Morgan fingerprint density at radius 3 is 2.45 bits per heavy atom. The van der Waals surface area contributed by atoms with Crippen LogP contribution in [0.15, 0.2) is 0 Å². The van der Waals surface area contributed by atoms with E-state index in [1.807, 2.05) is 18.7 Å². The predicted molar refractivity (Wildman–Crippen MR) is 84.2 cm³/mol. The zero-order chi connectivity index (χ0) is 15.1. The molecule has 0 amide bonds. The van der Waals surface area contributed by atoms with Gasteiger partial charge in [-0.2, -0.15) is 5.10 Å². The maximum atomic E-state index is 6.32. The third kappa shape index (κ3) is 2.85. The fraction of sp³-hybridized carbons (Fsp3) is 0.733. The van der Waals surface area contributed by atoms with Crippen LogP contribution in [-0.4, -0.2) is 19.3 Å². The van der Waals surface area contributed by atoms with Gasteiger partial charge in [0.2, 0.25) is 0 Å². The molecule has 20 heavy (non-hydrogen) atoms. The van der Waals surface area contributed by atoms with Crippen molar-refractivity contribution in [3.05, 3.63) is 11.5 Å². The number of alkyl halides is 1. The second-order valence-corrected chi connectivity index (χ2v) is 7.30. The number of fused-ring (bicyclic) bond motifs is 1.